The van der Waals surface area contributed by atoms with E-state index in [9.17, 15) is 4.79 Å². The summed E-state index contributed by atoms with van der Waals surface area (Å²) in [4.78, 5) is 13.0. The molecular weight excluding hydrogens is 222 g/mol. The van der Waals surface area contributed by atoms with Crippen LogP contribution in [0.4, 0.5) is 0 Å². The molecule has 1 aromatic carbocycles. The van der Waals surface area contributed by atoms with Crippen molar-refractivity contribution in [3.63, 3.8) is 0 Å². The summed E-state index contributed by atoms with van der Waals surface area (Å²) < 4.78 is 5.13. The second-order valence-electron chi connectivity index (χ2n) is 3.95. The molecule has 4 heteroatoms. The Morgan fingerprint density at radius 3 is 2.81 bits per heavy atom. The third-order valence-electron chi connectivity index (χ3n) is 2.81. The van der Waals surface area contributed by atoms with E-state index in [4.69, 9.17) is 4.74 Å². The molecule has 16 heavy (non-hydrogen) atoms. The minimum absolute atomic E-state index is 0.0155. The highest BCUT2D eigenvalue weighted by Gasteiger charge is 2.24. The van der Waals surface area contributed by atoms with E-state index in [1.54, 1.807) is 24.9 Å². The van der Waals surface area contributed by atoms with Crippen LogP contribution in [-0.4, -0.2) is 24.3 Å². The Kier molecular flexibility index (Phi) is 3.10. The first-order valence-corrected chi connectivity index (χ1v) is 6.15. The molecule has 1 heterocycles. The van der Waals surface area contributed by atoms with Crippen molar-refractivity contribution >= 4 is 17.7 Å². The minimum atomic E-state index is -0.0155. The van der Waals surface area contributed by atoms with Gasteiger partial charge >= 0.3 is 0 Å². The Morgan fingerprint density at radius 2 is 2.12 bits per heavy atom. The second-order valence-corrected chi connectivity index (χ2v) is 5.37. The van der Waals surface area contributed by atoms with Crippen molar-refractivity contribution in [3.05, 3.63) is 23.8 Å². The van der Waals surface area contributed by atoms with Crippen LogP contribution in [0.1, 0.15) is 24.2 Å². The number of nitrogens with one attached hydrogen (secondary N) is 1. The summed E-state index contributed by atoms with van der Waals surface area (Å²) in [5, 5.41) is 3.36. The van der Waals surface area contributed by atoms with Crippen LogP contribution in [0.25, 0.3) is 0 Å². The lowest BCUT2D eigenvalue weighted by atomic mass is 10.2. The summed E-state index contributed by atoms with van der Waals surface area (Å²) >= 11 is 1.72. The molecule has 0 bridgehead atoms. The molecule has 0 spiro atoms. The topological polar surface area (TPSA) is 38.3 Å². The van der Waals surface area contributed by atoms with Crippen LogP contribution in [-0.2, 0) is 0 Å². The molecule has 2 rings (SSSR count). The first kappa shape index (κ1) is 11.3. The van der Waals surface area contributed by atoms with Gasteiger partial charge in [-0.3, -0.25) is 4.79 Å². The number of hydrogen-bond acceptors (Lipinski definition) is 3. The van der Waals surface area contributed by atoms with E-state index in [-0.39, 0.29) is 11.9 Å². The number of rotatable bonds is 1. The normalized spacial score (nSPS) is 24.3. The van der Waals surface area contributed by atoms with Crippen LogP contribution < -0.4 is 10.1 Å². The zero-order valence-electron chi connectivity index (χ0n) is 9.61. The molecule has 1 aliphatic rings. The summed E-state index contributed by atoms with van der Waals surface area (Å²) in [6, 6.07) is 5.81. The highest BCUT2D eigenvalue weighted by Crippen LogP contribution is 2.33. The van der Waals surface area contributed by atoms with E-state index in [0.717, 1.165) is 10.6 Å². The van der Waals surface area contributed by atoms with Gasteiger partial charge < -0.3 is 10.1 Å². The molecule has 0 aliphatic carbocycles. The van der Waals surface area contributed by atoms with E-state index < -0.39 is 0 Å². The summed E-state index contributed by atoms with van der Waals surface area (Å²) in [6.45, 7) is 4.15. The number of carbonyl (C=O) groups excluding carboxylic acids is 1. The summed E-state index contributed by atoms with van der Waals surface area (Å²) in [6.07, 6.45) is 0. The summed E-state index contributed by atoms with van der Waals surface area (Å²) in [5.41, 5.74) is 0.709. The van der Waals surface area contributed by atoms with Crippen LogP contribution in [0.15, 0.2) is 23.1 Å². The van der Waals surface area contributed by atoms with Gasteiger partial charge in [-0.25, -0.2) is 0 Å². The molecule has 86 valence electrons. The molecule has 0 saturated carbocycles. The van der Waals surface area contributed by atoms with Crippen LogP contribution in [0.2, 0.25) is 0 Å². The number of ether oxygens (including phenoxy) is 1. The SMILES string of the molecule is COc1ccc2c(c1)C(=O)N[C@@H](C)[C@@H](C)S2. The van der Waals surface area contributed by atoms with Crippen LogP contribution >= 0.6 is 11.8 Å². The molecule has 3 nitrogen and oxygen atoms in total. The Balaban J connectivity index is 2.43. The highest BCUT2D eigenvalue weighted by atomic mass is 32.2. The maximum atomic E-state index is 11.9. The molecule has 0 unspecified atom stereocenters. The summed E-state index contributed by atoms with van der Waals surface area (Å²) in [7, 11) is 1.61. The number of methoxy groups -OCH3 is 1. The Bertz CT molecular complexity index is 419. The van der Waals surface area contributed by atoms with Crippen LogP contribution in [0.3, 0.4) is 0 Å². The largest absolute Gasteiger partial charge is 0.497 e. The minimum Gasteiger partial charge on any atom is -0.497 e. The third kappa shape index (κ3) is 2.02. The zero-order valence-corrected chi connectivity index (χ0v) is 10.4. The van der Waals surface area contributed by atoms with E-state index in [2.05, 4.69) is 12.2 Å². The van der Waals surface area contributed by atoms with E-state index >= 15 is 0 Å². The standard InChI is InChI=1S/C12H15NO2S/c1-7-8(2)16-11-5-4-9(15-3)6-10(11)12(14)13-7/h4-8H,1-3H3,(H,13,14)/t7-,8+/m0/s1. The zero-order chi connectivity index (χ0) is 11.7. The number of amides is 1. The van der Waals surface area contributed by atoms with Gasteiger partial charge in [0.2, 0.25) is 0 Å². The number of hydrogen-bond donors (Lipinski definition) is 1. The van der Waals surface area contributed by atoms with Crippen molar-refractivity contribution in [2.45, 2.75) is 30.0 Å². The summed E-state index contributed by atoms with van der Waals surface area (Å²) in [5.74, 6) is 0.704. The van der Waals surface area contributed by atoms with Gasteiger partial charge in [-0.2, -0.15) is 0 Å². The van der Waals surface area contributed by atoms with Gasteiger partial charge in [0.15, 0.2) is 0 Å². The molecule has 1 N–H and O–H groups in total. The van der Waals surface area contributed by atoms with Crippen molar-refractivity contribution in [1.29, 1.82) is 0 Å². The van der Waals surface area contributed by atoms with Crippen molar-refractivity contribution in [2.75, 3.05) is 7.11 Å². The van der Waals surface area contributed by atoms with Crippen LogP contribution in [0, 0.1) is 0 Å². The monoisotopic (exact) mass is 237 g/mol. The lowest BCUT2D eigenvalue weighted by molar-refractivity contribution is 0.0938. The molecule has 1 amide bonds. The molecule has 2 atom stereocenters. The lowest BCUT2D eigenvalue weighted by Gasteiger charge is -2.15. The Hall–Kier alpha value is -1.16. The first-order chi connectivity index (χ1) is 7.61. The van der Waals surface area contributed by atoms with Gasteiger partial charge in [-0.15, -0.1) is 11.8 Å². The number of benzene rings is 1. The fourth-order valence-electron chi connectivity index (χ4n) is 1.62. The van der Waals surface area contributed by atoms with Gasteiger partial charge in [0.05, 0.1) is 12.7 Å². The third-order valence-corrected chi connectivity index (χ3v) is 4.20. The molecule has 0 aromatic heterocycles. The average Bonchev–Trinajstić information content (AvgIpc) is 2.38. The maximum Gasteiger partial charge on any atom is 0.252 e. The van der Waals surface area contributed by atoms with Gasteiger partial charge in [-0.05, 0) is 25.1 Å². The molecule has 0 saturated heterocycles. The number of thioether (sulfide) groups is 1. The molecule has 1 aromatic rings. The van der Waals surface area contributed by atoms with Crippen molar-refractivity contribution in [2.24, 2.45) is 0 Å². The van der Waals surface area contributed by atoms with Gasteiger partial charge in [0.1, 0.15) is 5.75 Å². The second kappa shape index (κ2) is 4.37. The van der Waals surface area contributed by atoms with E-state index in [1.807, 2.05) is 19.1 Å². The Labute approximate surface area is 99.6 Å². The van der Waals surface area contributed by atoms with Crippen molar-refractivity contribution in [3.8, 4) is 5.75 Å². The molecule has 0 fully saturated rings. The quantitative estimate of drug-likeness (QED) is 0.814. The fraction of sp³-hybridized carbons (Fsp3) is 0.417. The van der Waals surface area contributed by atoms with E-state index in [0.29, 0.717) is 10.8 Å². The van der Waals surface area contributed by atoms with Gasteiger partial charge in [0, 0.05) is 16.2 Å². The molecular formula is C12H15NO2S. The maximum absolute atomic E-state index is 11.9. The number of carbonyl (C=O) groups is 1. The lowest BCUT2D eigenvalue weighted by Crippen LogP contribution is -2.36. The highest BCUT2D eigenvalue weighted by molar-refractivity contribution is 8.00. The van der Waals surface area contributed by atoms with Crippen molar-refractivity contribution in [1.82, 2.24) is 5.32 Å². The Morgan fingerprint density at radius 1 is 1.38 bits per heavy atom. The predicted molar refractivity (Wildman–Crippen MR) is 65.2 cm³/mol. The van der Waals surface area contributed by atoms with Gasteiger partial charge in [0.25, 0.3) is 5.91 Å². The molecule has 1 aliphatic heterocycles. The van der Waals surface area contributed by atoms with E-state index in [1.165, 1.54) is 0 Å². The smallest absolute Gasteiger partial charge is 0.252 e. The first-order valence-electron chi connectivity index (χ1n) is 5.27. The predicted octanol–water partition coefficient (Wildman–Crippen LogP) is 2.31. The number of fused-ring (bicyclic) bond motifs is 1. The van der Waals surface area contributed by atoms with Gasteiger partial charge in [-0.1, -0.05) is 6.92 Å². The fourth-order valence-corrected chi connectivity index (χ4v) is 2.72. The van der Waals surface area contributed by atoms with Crippen LogP contribution in [0.5, 0.6) is 5.75 Å². The molecule has 0 radical (unpaired) electrons. The van der Waals surface area contributed by atoms with Crippen molar-refractivity contribution < 1.29 is 9.53 Å². The average molecular weight is 237 g/mol.